The van der Waals surface area contributed by atoms with E-state index in [1.165, 1.54) is 56.9 Å². The second kappa shape index (κ2) is 14.4. The van der Waals surface area contributed by atoms with Gasteiger partial charge in [-0.1, -0.05) is 67.5 Å². The average molecular weight is 791 g/mol. The van der Waals surface area contributed by atoms with Crippen molar-refractivity contribution in [1.82, 2.24) is 10.2 Å². The maximum absolute atomic E-state index is 12.2. The molecule has 54 heavy (non-hydrogen) atoms. The Morgan fingerprint density at radius 2 is 1.56 bits per heavy atom. The van der Waals surface area contributed by atoms with Crippen molar-refractivity contribution < 1.29 is 23.1 Å². The molecule has 5 aliphatic carbocycles. The standard InChI is InChI=1S/C45H82N2O5SSi/c1-30(2)33-17-22-45(46-29-35(47-25-27-53(49,50)28-26-47)31(3)52-54(13,14)40(5,6)7)24-23-43(11)34(39(33)45)15-16-37-42(10)20-19-38(51-32(4)48)41(8,9)36(42)18-21-44(37,43)12/h31,33-39,46,49-50H,1,15-29H2,2-14H3/t31-,33+,34-,35-,36+,37-,38+,39-,42+,43-,44-,45+/m1/s1. The van der Waals surface area contributed by atoms with Crippen molar-refractivity contribution in [1.29, 1.82) is 0 Å². The SMILES string of the molecule is C=C(C)[C@@H]1CC[C@]2(NC[C@H]([C@@H](C)O[Si](C)(C)C(C)(C)C)N3CCS(O)(O)CC3)CC[C@]3(C)[C@H](CC[C@@H]4[C@@]5(C)CC[C@H](OC(C)=O)C(C)(C)[C@@H]5CC[C@]43C)[C@@H]12. The van der Waals surface area contributed by atoms with Crippen molar-refractivity contribution in [3.63, 3.8) is 0 Å². The second-order valence-corrected chi connectivity index (χ2v) is 29.8. The zero-order valence-electron chi connectivity index (χ0n) is 36.9. The lowest BCUT2D eigenvalue weighted by molar-refractivity contribution is -0.246. The molecule has 3 N–H and O–H groups in total. The predicted octanol–water partition coefficient (Wildman–Crippen LogP) is 10.8. The Bertz CT molecular complexity index is 1420. The molecule has 0 unspecified atom stereocenters. The lowest BCUT2D eigenvalue weighted by Gasteiger charge is -2.73. The largest absolute Gasteiger partial charge is 0.462 e. The Morgan fingerprint density at radius 3 is 2.15 bits per heavy atom. The van der Waals surface area contributed by atoms with Gasteiger partial charge in [0.15, 0.2) is 8.32 Å². The molecule has 6 aliphatic rings. The van der Waals surface area contributed by atoms with Gasteiger partial charge in [0.1, 0.15) is 6.10 Å². The van der Waals surface area contributed by atoms with Crippen LogP contribution >= 0.6 is 10.6 Å². The highest BCUT2D eigenvalue weighted by Crippen LogP contribution is 2.76. The van der Waals surface area contributed by atoms with E-state index in [0.717, 1.165) is 19.4 Å². The average Bonchev–Trinajstić information content (AvgIpc) is 3.43. The summed E-state index contributed by atoms with van der Waals surface area (Å²) >= 11 is 0. The van der Waals surface area contributed by atoms with Crippen LogP contribution < -0.4 is 5.32 Å². The number of nitrogens with one attached hydrogen (secondary N) is 1. The van der Waals surface area contributed by atoms with Crippen LogP contribution in [-0.2, 0) is 14.0 Å². The molecule has 5 saturated carbocycles. The highest BCUT2D eigenvalue weighted by Gasteiger charge is 2.71. The Hall–Kier alpha value is -0.423. The Kier molecular flexibility index (Phi) is 11.5. The highest BCUT2D eigenvalue weighted by molar-refractivity contribution is 8.24. The molecule has 0 radical (unpaired) electrons. The summed E-state index contributed by atoms with van der Waals surface area (Å²) in [5.41, 5.74) is 2.21. The third-order valence-electron chi connectivity index (χ3n) is 18.7. The Morgan fingerprint density at radius 1 is 0.907 bits per heavy atom. The van der Waals surface area contributed by atoms with E-state index in [4.69, 9.17) is 9.16 Å². The van der Waals surface area contributed by atoms with Crippen LogP contribution in [0.25, 0.3) is 0 Å². The molecule has 0 aromatic carbocycles. The fraction of sp³-hybridized carbons (Fsp3) is 0.933. The molecule has 9 heteroatoms. The number of allylic oxidation sites excluding steroid dienone is 1. The number of hydrogen-bond donors (Lipinski definition) is 3. The van der Waals surface area contributed by atoms with Crippen molar-refractivity contribution in [2.75, 3.05) is 31.1 Å². The molecule has 1 saturated heterocycles. The third kappa shape index (κ3) is 7.07. The minimum absolute atomic E-state index is 0.0142. The summed E-state index contributed by atoms with van der Waals surface area (Å²) in [6, 6.07) is 0.177. The third-order valence-corrected chi connectivity index (χ3v) is 24.9. The number of fused-ring (bicyclic) bond motifs is 7. The van der Waals surface area contributed by atoms with E-state index in [1.807, 2.05) is 0 Å². The summed E-state index contributed by atoms with van der Waals surface area (Å²) in [4.78, 5) is 14.7. The van der Waals surface area contributed by atoms with E-state index in [9.17, 15) is 13.9 Å². The molecule has 1 aliphatic heterocycles. The number of esters is 1. The Balaban J connectivity index is 1.28. The van der Waals surface area contributed by atoms with Gasteiger partial charge in [0, 0.05) is 43.6 Å². The predicted molar refractivity (Wildman–Crippen MR) is 229 cm³/mol. The molecule has 0 bridgehead atoms. The maximum Gasteiger partial charge on any atom is 0.302 e. The van der Waals surface area contributed by atoms with Crippen LogP contribution in [0, 0.1) is 51.2 Å². The zero-order valence-corrected chi connectivity index (χ0v) is 38.7. The zero-order chi connectivity index (χ0) is 40.1. The lowest BCUT2D eigenvalue weighted by atomic mass is 9.32. The van der Waals surface area contributed by atoms with Crippen LogP contribution in [0.4, 0.5) is 0 Å². The van der Waals surface area contributed by atoms with Gasteiger partial charge >= 0.3 is 5.97 Å². The molecule has 6 fully saturated rings. The number of hydrogen-bond acceptors (Lipinski definition) is 7. The van der Waals surface area contributed by atoms with Crippen molar-refractivity contribution in [2.24, 2.45) is 51.2 Å². The quantitative estimate of drug-likeness (QED) is 0.122. The molecule has 312 valence electrons. The van der Waals surface area contributed by atoms with Gasteiger partial charge in [-0.3, -0.25) is 18.8 Å². The van der Waals surface area contributed by atoms with Crippen LogP contribution in [0.2, 0.25) is 18.1 Å². The number of rotatable bonds is 9. The topological polar surface area (TPSA) is 91.3 Å². The van der Waals surface area contributed by atoms with Gasteiger partial charge in [-0.2, -0.15) is 10.6 Å². The van der Waals surface area contributed by atoms with E-state index in [1.54, 1.807) is 6.92 Å². The summed E-state index contributed by atoms with van der Waals surface area (Å²) in [5.74, 6) is 3.78. The minimum Gasteiger partial charge on any atom is -0.462 e. The first-order valence-electron chi connectivity index (χ1n) is 22.0. The fourth-order valence-corrected chi connectivity index (χ4v) is 17.2. The minimum atomic E-state index is -2.49. The molecule has 0 aromatic rings. The molecule has 0 amide bonds. The van der Waals surface area contributed by atoms with Gasteiger partial charge in [0.2, 0.25) is 0 Å². The lowest BCUT2D eigenvalue weighted by Crippen LogP contribution is -2.69. The second-order valence-electron chi connectivity index (χ2n) is 22.6. The van der Waals surface area contributed by atoms with E-state index in [0.29, 0.717) is 54.2 Å². The van der Waals surface area contributed by atoms with Crippen LogP contribution in [0.5, 0.6) is 0 Å². The van der Waals surface area contributed by atoms with Crippen molar-refractivity contribution in [2.45, 2.75) is 182 Å². The number of nitrogens with zero attached hydrogens (tertiary/aromatic N) is 1. The monoisotopic (exact) mass is 791 g/mol. The van der Waals surface area contributed by atoms with Crippen LogP contribution in [0.15, 0.2) is 12.2 Å². The van der Waals surface area contributed by atoms with Gasteiger partial charge in [0.05, 0.1) is 17.6 Å². The van der Waals surface area contributed by atoms with Gasteiger partial charge in [-0.05, 0) is 142 Å². The number of carbonyl (C=O) groups excluding carboxylic acids is 1. The van der Waals surface area contributed by atoms with Gasteiger partial charge < -0.3 is 14.5 Å². The summed E-state index contributed by atoms with van der Waals surface area (Å²) in [7, 11) is -4.51. The van der Waals surface area contributed by atoms with Crippen molar-refractivity contribution >= 4 is 24.9 Å². The first-order chi connectivity index (χ1) is 24.7. The first-order valence-corrected chi connectivity index (χ1v) is 26.8. The molecule has 12 atom stereocenters. The van der Waals surface area contributed by atoms with Gasteiger partial charge in [-0.15, -0.1) is 0 Å². The molecule has 6 rings (SSSR count). The smallest absolute Gasteiger partial charge is 0.302 e. The van der Waals surface area contributed by atoms with Crippen molar-refractivity contribution in [3.8, 4) is 0 Å². The summed E-state index contributed by atoms with van der Waals surface area (Å²) in [6.45, 7) is 37.7. The fourth-order valence-electron chi connectivity index (χ4n) is 14.5. The van der Waals surface area contributed by atoms with E-state index >= 15 is 0 Å². The van der Waals surface area contributed by atoms with E-state index < -0.39 is 18.9 Å². The molecular formula is C45H82N2O5SSi. The Labute approximate surface area is 333 Å². The number of carbonyl (C=O) groups is 1. The van der Waals surface area contributed by atoms with E-state index in [-0.39, 0.29) is 56.5 Å². The van der Waals surface area contributed by atoms with Gasteiger partial charge in [-0.25, -0.2) is 0 Å². The van der Waals surface area contributed by atoms with Gasteiger partial charge in [0.25, 0.3) is 0 Å². The summed E-state index contributed by atoms with van der Waals surface area (Å²) < 4.78 is 34.3. The normalized spacial score (nSPS) is 43.8. The van der Waals surface area contributed by atoms with Crippen LogP contribution in [0.3, 0.4) is 0 Å². The van der Waals surface area contributed by atoms with E-state index in [2.05, 4.69) is 99.1 Å². The molecular weight excluding hydrogens is 709 g/mol. The molecule has 7 nitrogen and oxygen atoms in total. The maximum atomic E-state index is 12.2. The first kappa shape index (κ1) is 43.2. The molecule has 0 aromatic heterocycles. The van der Waals surface area contributed by atoms with Crippen molar-refractivity contribution in [3.05, 3.63) is 12.2 Å². The molecule has 0 spiro atoms. The number of ether oxygens (including phenoxy) is 1. The highest BCUT2D eigenvalue weighted by atomic mass is 32.3. The van der Waals surface area contributed by atoms with Crippen LogP contribution in [-0.4, -0.2) is 83.2 Å². The van der Waals surface area contributed by atoms with Crippen LogP contribution in [0.1, 0.15) is 140 Å². The summed E-state index contributed by atoms with van der Waals surface area (Å²) in [6.07, 6.45) is 12.2. The molecule has 1 heterocycles. The summed E-state index contributed by atoms with van der Waals surface area (Å²) in [5, 5.41) is 4.54.